The van der Waals surface area contributed by atoms with Gasteiger partial charge in [0.2, 0.25) is 6.79 Å². The number of Topliss-reactive ketones (excluding diaryl/α,β-unsaturated/α-hetero) is 1. The van der Waals surface area contributed by atoms with Crippen molar-refractivity contribution in [3.8, 4) is 11.5 Å². The lowest BCUT2D eigenvalue weighted by molar-refractivity contribution is -0.162. The van der Waals surface area contributed by atoms with Crippen LogP contribution in [0.3, 0.4) is 0 Å². The zero-order chi connectivity index (χ0) is 19.3. The second-order valence-electron chi connectivity index (χ2n) is 9.09. The molecule has 0 aromatic heterocycles. The Bertz CT molecular complexity index is 804. The second-order valence-corrected chi connectivity index (χ2v) is 9.09. The number of benzene rings is 1. The molecule has 4 saturated carbocycles. The molecule has 6 rings (SSSR count). The van der Waals surface area contributed by atoms with Crippen molar-refractivity contribution in [2.45, 2.75) is 51.6 Å². The smallest absolute Gasteiger partial charge is 0.331 e. The maximum atomic E-state index is 13.2. The quantitative estimate of drug-likeness (QED) is 0.566. The highest BCUT2D eigenvalue weighted by atomic mass is 16.7. The summed E-state index contributed by atoms with van der Waals surface area (Å²) in [5.41, 5.74) is 0.580. The number of hydrogen-bond donors (Lipinski definition) is 0. The lowest BCUT2D eigenvalue weighted by Crippen LogP contribution is -2.52. The summed E-state index contributed by atoms with van der Waals surface area (Å²) in [6.45, 7) is 1.95. The van der Waals surface area contributed by atoms with Gasteiger partial charge < -0.3 is 14.2 Å². The van der Waals surface area contributed by atoms with Crippen LogP contribution >= 0.6 is 0 Å². The van der Waals surface area contributed by atoms with Gasteiger partial charge in [0.05, 0.1) is 0 Å². The van der Waals surface area contributed by atoms with Crippen LogP contribution in [0.15, 0.2) is 24.3 Å². The second kappa shape index (κ2) is 6.64. The van der Waals surface area contributed by atoms with E-state index in [9.17, 15) is 9.59 Å². The van der Waals surface area contributed by atoms with Gasteiger partial charge in [-0.3, -0.25) is 4.79 Å². The molecule has 1 aromatic carbocycles. The molecule has 1 aliphatic heterocycles. The van der Waals surface area contributed by atoms with Crippen molar-refractivity contribution >= 4 is 17.8 Å². The molecule has 1 heterocycles. The predicted octanol–water partition coefficient (Wildman–Crippen LogP) is 4.15. The molecule has 4 fully saturated rings. The third-order valence-electron chi connectivity index (χ3n) is 7.03. The number of fused-ring (bicyclic) bond motifs is 1. The standard InChI is InChI=1S/C23H26O5/c1-14(22(25)23-10-16-6-17(11-23)8-18(7-16)12-23)28-21(24)5-3-15-2-4-19-20(9-15)27-13-26-19/h2-5,9,14,16-18H,6-8,10-13H2,1H3/b5-3-/t14-,16?,17?,18?,23?/m1/s1. The summed E-state index contributed by atoms with van der Waals surface area (Å²) in [5, 5.41) is 0. The van der Waals surface area contributed by atoms with Gasteiger partial charge in [-0.25, -0.2) is 4.79 Å². The molecule has 0 radical (unpaired) electrons. The minimum absolute atomic E-state index is 0.136. The molecule has 4 aliphatic carbocycles. The largest absolute Gasteiger partial charge is 0.454 e. The minimum Gasteiger partial charge on any atom is -0.454 e. The number of carbonyl (C=O) groups excluding carboxylic acids is 2. The Hall–Kier alpha value is -2.30. The summed E-state index contributed by atoms with van der Waals surface area (Å²) in [6, 6.07) is 5.48. The van der Waals surface area contributed by atoms with Crippen LogP contribution in [0.5, 0.6) is 11.5 Å². The summed E-state index contributed by atoms with van der Waals surface area (Å²) in [5.74, 6) is 3.12. The van der Waals surface area contributed by atoms with Crippen molar-refractivity contribution in [3.05, 3.63) is 29.8 Å². The zero-order valence-electron chi connectivity index (χ0n) is 16.2. The summed E-state index contributed by atoms with van der Waals surface area (Å²) in [4.78, 5) is 25.5. The average molecular weight is 382 g/mol. The van der Waals surface area contributed by atoms with Crippen LogP contribution < -0.4 is 9.47 Å². The average Bonchev–Trinajstić information content (AvgIpc) is 3.12. The Morgan fingerprint density at radius 2 is 1.71 bits per heavy atom. The van der Waals surface area contributed by atoms with E-state index in [0.717, 1.165) is 24.8 Å². The van der Waals surface area contributed by atoms with Crippen molar-refractivity contribution < 1.29 is 23.8 Å². The van der Waals surface area contributed by atoms with Crippen LogP contribution in [-0.4, -0.2) is 24.6 Å². The van der Waals surface area contributed by atoms with E-state index in [2.05, 4.69) is 0 Å². The molecular weight excluding hydrogens is 356 g/mol. The number of ether oxygens (including phenoxy) is 3. The van der Waals surface area contributed by atoms with Gasteiger partial charge in [-0.15, -0.1) is 0 Å². The zero-order valence-corrected chi connectivity index (χ0v) is 16.2. The minimum atomic E-state index is -0.690. The van der Waals surface area contributed by atoms with Gasteiger partial charge in [0.25, 0.3) is 0 Å². The van der Waals surface area contributed by atoms with Crippen molar-refractivity contribution in [3.63, 3.8) is 0 Å². The molecule has 148 valence electrons. The molecule has 0 saturated heterocycles. The van der Waals surface area contributed by atoms with Crippen molar-refractivity contribution in [2.24, 2.45) is 23.2 Å². The van der Waals surface area contributed by atoms with Crippen molar-refractivity contribution in [1.82, 2.24) is 0 Å². The fraction of sp³-hybridized carbons (Fsp3) is 0.565. The fourth-order valence-electron chi connectivity index (χ4n) is 6.29. The first-order valence-corrected chi connectivity index (χ1v) is 10.3. The molecule has 0 N–H and O–H groups in total. The number of hydrogen-bond acceptors (Lipinski definition) is 5. The third-order valence-corrected chi connectivity index (χ3v) is 7.03. The van der Waals surface area contributed by atoms with Crippen LogP contribution in [0.25, 0.3) is 6.08 Å². The van der Waals surface area contributed by atoms with E-state index in [4.69, 9.17) is 14.2 Å². The molecule has 4 bridgehead atoms. The Kier molecular flexibility index (Phi) is 4.22. The van der Waals surface area contributed by atoms with E-state index < -0.39 is 12.1 Å². The maximum absolute atomic E-state index is 13.2. The van der Waals surface area contributed by atoms with E-state index in [-0.39, 0.29) is 18.0 Å². The lowest BCUT2D eigenvalue weighted by atomic mass is 9.48. The van der Waals surface area contributed by atoms with Crippen LogP contribution in [0, 0.1) is 23.2 Å². The van der Waals surface area contributed by atoms with E-state index in [1.54, 1.807) is 13.0 Å². The first-order chi connectivity index (χ1) is 13.5. The van der Waals surface area contributed by atoms with E-state index in [1.807, 2.05) is 18.2 Å². The van der Waals surface area contributed by atoms with E-state index >= 15 is 0 Å². The SMILES string of the molecule is C[C@@H](OC(=O)/C=C\c1ccc2c(c1)OCO2)C(=O)C12CC3CC(CC(C3)C1)C2. The number of esters is 1. The monoisotopic (exact) mass is 382 g/mol. The molecule has 0 unspecified atom stereocenters. The Morgan fingerprint density at radius 3 is 2.39 bits per heavy atom. The highest BCUT2D eigenvalue weighted by molar-refractivity contribution is 5.93. The van der Waals surface area contributed by atoms with E-state index in [0.29, 0.717) is 29.3 Å². The highest BCUT2D eigenvalue weighted by Crippen LogP contribution is 2.60. The first kappa shape index (κ1) is 17.8. The molecule has 0 amide bonds. The van der Waals surface area contributed by atoms with Crippen LogP contribution in [0.2, 0.25) is 0 Å². The Labute approximate surface area is 165 Å². The molecule has 1 aromatic rings. The lowest BCUT2D eigenvalue weighted by Gasteiger charge is -2.56. The fourth-order valence-corrected chi connectivity index (χ4v) is 6.29. The Morgan fingerprint density at radius 1 is 1.07 bits per heavy atom. The molecule has 0 spiro atoms. The summed E-state index contributed by atoms with van der Waals surface area (Å²) in [6.07, 6.45) is 9.21. The molecular formula is C23H26O5. The van der Waals surface area contributed by atoms with Crippen molar-refractivity contribution in [1.29, 1.82) is 0 Å². The molecule has 5 nitrogen and oxygen atoms in total. The van der Waals surface area contributed by atoms with Gasteiger partial charge in [0, 0.05) is 11.5 Å². The molecule has 5 heteroatoms. The molecule has 28 heavy (non-hydrogen) atoms. The normalized spacial score (nSPS) is 33.2. The maximum Gasteiger partial charge on any atom is 0.331 e. The van der Waals surface area contributed by atoms with Gasteiger partial charge in [-0.05, 0) is 87.0 Å². The van der Waals surface area contributed by atoms with Crippen molar-refractivity contribution in [2.75, 3.05) is 6.79 Å². The van der Waals surface area contributed by atoms with Crippen LogP contribution in [0.4, 0.5) is 0 Å². The number of carbonyl (C=O) groups is 2. The summed E-state index contributed by atoms with van der Waals surface area (Å²) < 4.78 is 16.1. The number of rotatable bonds is 5. The van der Waals surface area contributed by atoms with Gasteiger partial charge in [-0.1, -0.05) is 6.07 Å². The number of ketones is 1. The van der Waals surface area contributed by atoms with E-state index in [1.165, 1.54) is 25.3 Å². The van der Waals surface area contributed by atoms with Crippen LogP contribution in [-0.2, 0) is 14.3 Å². The summed E-state index contributed by atoms with van der Waals surface area (Å²) >= 11 is 0. The Balaban J connectivity index is 1.22. The van der Waals surface area contributed by atoms with Gasteiger partial charge in [0.1, 0.15) is 0 Å². The topological polar surface area (TPSA) is 61.8 Å². The van der Waals surface area contributed by atoms with Crippen LogP contribution in [0.1, 0.15) is 51.0 Å². The van der Waals surface area contributed by atoms with Gasteiger partial charge in [0.15, 0.2) is 23.4 Å². The molecule has 1 atom stereocenters. The first-order valence-electron chi connectivity index (χ1n) is 10.3. The third kappa shape index (κ3) is 3.11. The summed E-state index contributed by atoms with van der Waals surface area (Å²) in [7, 11) is 0. The predicted molar refractivity (Wildman–Crippen MR) is 103 cm³/mol. The van der Waals surface area contributed by atoms with Gasteiger partial charge >= 0.3 is 5.97 Å². The highest BCUT2D eigenvalue weighted by Gasteiger charge is 2.55. The molecule has 5 aliphatic rings. The van der Waals surface area contributed by atoms with Gasteiger partial charge in [-0.2, -0.15) is 0 Å².